The van der Waals surface area contributed by atoms with Crippen LogP contribution >= 0.6 is 0 Å². The zero-order chi connectivity index (χ0) is 49.6. The minimum atomic E-state index is -0.0981. The maximum absolute atomic E-state index is 4.38. The van der Waals surface area contributed by atoms with Gasteiger partial charge in [0, 0.05) is 58.7 Å². The highest BCUT2D eigenvalue weighted by Gasteiger charge is 2.28. The number of aromatic nitrogens is 1. The van der Waals surface area contributed by atoms with E-state index in [9.17, 15) is 0 Å². The van der Waals surface area contributed by atoms with Crippen LogP contribution in [0, 0.1) is 19.3 Å². The first-order valence-electron chi connectivity index (χ1n) is 25.3. The minimum absolute atomic E-state index is 0.0317. The molecule has 8 aromatic carbocycles. The second kappa shape index (κ2) is 20.8. The third-order valence-corrected chi connectivity index (χ3v) is 14.4. The molecule has 2 unspecified atom stereocenters. The molecule has 0 saturated heterocycles. The van der Waals surface area contributed by atoms with Crippen LogP contribution in [0.25, 0.3) is 39.0 Å². The van der Waals surface area contributed by atoms with Crippen LogP contribution in [-0.2, 0) is 0 Å². The Bertz CT molecular complexity index is 3580. The average Bonchev–Trinajstić information content (AvgIpc) is 3.45. The lowest BCUT2D eigenvalue weighted by Gasteiger charge is -2.36. The first kappa shape index (κ1) is 46.4. The van der Waals surface area contributed by atoms with E-state index in [1.165, 1.54) is 61.2 Å². The smallest absolute Gasteiger partial charge is 0.0464 e. The number of hydrogen-bond donors (Lipinski definition) is 0. The second-order valence-electron chi connectivity index (χ2n) is 19.5. The molecule has 3 heteroatoms. The molecule has 1 aromatic heterocycles. The van der Waals surface area contributed by atoms with E-state index < -0.39 is 0 Å². The highest BCUT2D eigenvalue weighted by molar-refractivity contribution is 5.82. The maximum Gasteiger partial charge on any atom is 0.0464 e. The Morgan fingerprint density at radius 2 is 1.07 bits per heavy atom. The molecule has 0 spiro atoms. The summed E-state index contributed by atoms with van der Waals surface area (Å²) in [5.41, 5.74) is 27.6. The van der Waals surface area contributed by atoms with Gasteiger partial charge in [-0.15, -0.1) is 0 Å². The Kier molecular flexibility index (Phi) is 13.2. The van der Waals surface area contributed by atoms with Gasteiger partial charge in [-0.1, -0.05) is 182 Å². The molecule has 11 rings (SSSR count). The van der Waals surface area contributed by atoms with Crippen LogP contribution in [0.4, 0.5) is 28.4 Å². The van der Waals surface area contributed by atoms with Crippen molar-refractivity contribution < 1.29 is 0 Å². The van der Waals surface area contributed by atoms with Crippen molar-refractivity contribution in [1.82, 2.24) is 4.98 Å². The monoisotopic (exact) mass is 939 g/mol. The van der Waals surface area contributed by atoms with Crippen LogP contribution in [0.15, 0.2) is 278 Å². The van der Waals surface area contributed by atoms with E-state index in [4.69, 9.17) is 0 Å². The van der Waals surface area contributed by atoms with Crippen molar-refractivity contribution in [3.8, 4) is 33.4 Å². The van der Waals surface area contributed by atoms with Gasteiger partial charge in [0.25, 0.3) is 0 Å². The molecule has 0 fully saturated rings. The number of allylic oxidation sites excluding steroid dienone is 7. The summed E-state index contributed by atoms with van der Waals surface area (Å²) >= 11 is 0. The lowest BCUT2D eigenvalue weighted by Crippen LogP contribution is -2.32. The van der Waals surface area contributed by atoms with Crippen LogP contribution in [-0.4, -0.2) is 11.5 Å². The van der Waals surface area contributed by atoms with Gasteiger partial charge in [0.1, 0.15) is 0 Å². The van der Waals surface area contributed by atoms with E-state index in [1.54, 1.807) is 0 Å². The number of anilines is 5. The van der Waals surface area contributed by atoms with Crippen LogP contribution in [0.2, 0.25) is 0 Å². The van der Waals surface area contributed by atoms with Gasteiger partial charge in [-0.2, -0.15) is 0 Å². The summed E-state index contributed by atoms with van der Waals surface area (Å²) in [6.07, 6.45) is 18.0. The van der Waals surface area contributed by atoms with E-state index in [0.29, 0.717) is 0 Å². The zero-order valence-corrected chi connectivity index (χ0v) is 41.7. The molecule has 2 atom stereocenters. The topological polar surface area (TPSA) is 19.4 Å². The standard InChI is InChI=1S/C70H57N3/c1-51-16-13-14-24-67(51)68-42-41-66(48-52(68)2)73(64-37-27-55(28-38-64)53-17-7-4-8-18-53)65-39-31-60(32-40-65)69(58-21-11-6-12-22-58)59-29-35-63(36-30-59)72(62-33-25-56(26-34-62)61-23-15-47-71-49-61)50-70(3)45-43-57(44-46-70)54-19-9-5-10-20-54/h4-5,7-11,13-45,47-49,69H,46,50H2,1-3H3. The third kappa shape index (κ3) is 10.2. The molecule has 0 amide bonds. The molecule has 2 aliphatic rings. The molecule has 352 valence electrons. The molecule has 1 heterocycles. The van der Waals surface area contributed by atoms with Gasteiger partial charge >= 0.3 is 0 Å². The van der Waals surface area contributed by atoms with Gasteiger partial charge < -0.3 is 9.80 Å². The summed E-state index contributed by atoms with van der Waals surface area (Å²) in [5, 5.41) is 0. The lowest BCUT2D eigenvalue weighted by molar-refractivity contribution is 0.441. The fourth-order valence-electron chi connectivity index (χ4n) is 10.4. The summed E-state index contributed by atoms with van der Waals surface area (Å²) in [5.74, 6) is -0.0317. The molecule has 0 radical (unpaired) electrons. The van der Waals surface area contributed by atoms with Gasteiger partial charge in [0.15, 0.2) is 0 Å². The van der Waals surface area contributed by atoms with E-state index in [2.05, 4.69) is 284 Å². The highest BCUT2D eigenvalue weighted by Crippen LogP contribution is 2.43. The summed E-state index contributed by atoms with van der Waals surface area (Å²) in [6, 6.07) is 77.1. The van der Waals surface area contributed by atoms with Gasteiger partial charge in [0.05, 0.1) is 0 Å². The van der Waals surface area contributed by atoms with Crippen molar-refractivity contribution in [3.05, 3.63) is 306 Å². The molecule has 73 heavy (non-hydrogen) atoms. The quantitative estimate of drug-likeness (QED) is 0.101. The maximum atomic E-state index is 4.38. The summed E-state index contributed by atoms with van der Waals surface area (Å²) in [6.45, 7) is 7.59. The van der Waals surface area contributed by atoms with Crippen LogP contribution in [0.3, 0.4) is 0 Å². The van der Waals surface area contributed by atoms with E-state index in [1.807, 2.05) is 24.5 Å². The third-order valence-electron chi connectivity index (χ3n) is 14.4. The predicted octanol–water partition coefficient (Wildman–Crippen LogP) is 18.3. The van der Waals surface area contributed by atoms with Gasteiger partial charge in [-0.3, -0.25) is 4.98 Å². The Hall–Kier alpha value is -8.97. The number of hydrogen-bond acceptors (Lipinski definition) is 3. The summed E-state index contributed by atoms with van der Waals surface area (Å²) in [4.78, 5) is 9.24. The summed E-state index contributed by atoms with van der Waals surface area (Å²) < 4.78 is 0. The normalized spacial score (nSPS) is 15.1. The molecule has 0 N–H and O–H groups in total. The number of pyridine rings is 1. The van der Waals surface area contributed by atoms with E-state index >= 15 is 0 Å². The largest absolute Gasteiger partial charge is 0.341 e. The number of aryl methyl sites for hydroxylation is 2. The van der Waals surface area contributed by atoms with Gasteiger partial charge in [-0.05, 0) is 178 Å². The Labute approximate surface area is 431 Å². The predicted molar refractivity (Wildman–Crippen MR) is 307 cm³/mol. The molecule has 0 aliphatic heterocycles. The van der Waals surface area contributed by atoms with Crippen molar-refractivity contribution in [3.63, 3.8) is 0 Å². The minimum Gasteiger partial charge on any atom is -0.341 e. The number of nitrogens with zero attached hydrogens (tertiary/aromatic N) is 3. The average molecular weight is 940 g/mol. The molecular weight excluding hydrogens is 883 g/mol. The first-order valence-corrected chi connectivity index (χ1v) is 25.3. The van der Waals surface area contributed by atoms with Gasteiger partial charge in [0.2, 0.25) is 0 Å². The Morgan fingerprint density at radius 3 is 1.66 bits per heavy atom. The SMILES string of the molecule is Cc1ccccc1-c1ccc(N(c2ccc(-c3ccccc3)cc2)c2ccc(C(C3=CC=C=C=C3)c3ccc(N(CC4(C)C=CC(c5ccccc5)=CC4)c4ccc(-c5cccnc5)cc4)cc3)cc2)cc1C. The molecular formula is C70H57N3. The van der Waals surface area contributed by atoms with E-state index in [0.717, 1.165) is 52.5 Å². The zero-order valence-electron chi connectivity index (χ0n) is 41.7. The molecule has 9 aromatic rings. The molecule has 2 aliphatic carbocycles. The van der Waals surface area contributed by atoms with E-state index in [-0.39, 0.29) is 11.3 Å². The highest BCUT2D eigenvalue weighted by atomic mass is 15.1. The number of benzene rings is 8. The van der Waals surface area contributed by atoms with Crippen LogP contribution in [0.1, 0.15) is 47.1 Å². The molecule has 0 saturated carbocycles. The number of rotatable bonds is 14. The fraction of sp³-hybridized carbons (Fsp3) is 0.100. The lowest BCUT2D eigenvalue weighted by atomic mass is 9.80. The molecule has 0 bridgehead atoms. The molecule has 3 nitrogen and oxygen atoms in total. The van der Waals surface area contributed by atoms with Crippen LogP contribution < -0.4 is 9.80 Å². The van der Waals surface area contributed by atoms with Crippen molar-refractivity contribution in [1.29, 1.82) is 0 Å². The second-order valence-corrected chi connectivity index (χ2v) is 19.5. The Balaban J connectivity index is 0.932. The van der Waals surface area contributed by atoms with Crippen molar-refractivity contribution in [2.24, 2.45) is 5.41 Å². The Morgan fingerprint density at radius 1 is 0.521 bits per heavy atom. The van der Waals surface area contributed by atoms with Crippen molar-refractivity contribution in [2.45, 2.75) is 33.1 Å². The fourth-order valence-corrected chi connectivity index (χ4v) is 10.4. The first-order chi connectivity index (χ1) is 35.9. The summed E-state index contributed by atoms with van der Waals surface area (Å²) in [7, 11) is 0. The van der Waals surface area contributed by atoms with Crippen molar-refractivity contribution >= 4 is 34.0 Å². The van der Waals surface area contributed by atoms with Gasteiger partial charge in [-0.25, -0.2) is 0 Å². The van der Waals surface area contributed by atoms with Crippen LogP contribution in [0.5, 0.6) is 0 Å². The van der Waals surface area contributed by atoms with Crippen molar-refractivity contribution in [2.75, 3.05) is 16.3 Å².